The molecule has 0 radical (unpaired) electrons. The molecule has 6 nitrogen and oxygen atoms in total. The largest absolute Gasteiger partial charge is 0.387 e. The lowest BCUT2D eigenvalue weighted by atomic mass is 10.1. The number of rotatable bonds is 4. The molecule has 19 heavy (non-hydrogen) atoms. The number of nitrogens with zero attached hydrogens (tertiary/aromatic N) is 2. The van der Waals surface area contributed by atoms with E-state index in [1.165, 1.54) is 0 Å². The number of primary amides is 1. The molecule has 104 valence electrons. The van der Waals surface area contributed by atoms with Gasteiger partial charge in [0.25, 0.3) is 0 Å². The van der Waals surface area contributed by atoms with Gasteiger partial charge in [-0.05, 0) is 18.6 Å². The Morgan fingerprint density at radius 3 is 3.05 bits per heavy atom. The quantitative estimate of drug-likeness (QED) is 0.812. The second kappa shape index (κ2) is 5.99. The Bertz CT molecular complexity index is 435. The zero-order valence-corrected chi connectivity index (χ0v) is 11.0. The first-order chi connectivity index (χ1) is 9.13. The molecule has 1 aliphatic rings. The van der Waals surface area contributed by atoms with Gasteiger partial charge in [0.2, 0.25) is 5.91 Å². The number of pyridine rings is 1. The molecule has 0 saturated carbocycles. The van der Waals surface area contributed by atoms with E-state index in [0.29, 0.717) is 31.9 Å². The SMILES string of the molecule is CCC(O)c1ccc(N2CCOCC2C(N)=O)cn1. The summed E-state index contributed by atoms with van der Waals surface area (Å²) < 4.78 is 5.27. The molecule has 3 N–H and O–H groups in total. The first-order valence-electron chi connectivity index (χ1n) is 6.41. The van der Waals surface area contributed by atoms with Gasteiger partial charge >= 0.3 is 0 Å². The number of aromatic nitrogens is 1. The topological polar surface area (TPSA) is 88.7 Å². The number of aliphatic hydroxyl groups excluding tert-OH is 1. The van der Waals surface area contributed by atoms with Crippen molar-refractivity contribution < 1.29 is 14.6 Å². The third-order valence-corrected chi connectivity index (χ3v) is 3.29. The second-order valence-corrected chi connectivity index (χ2v) is 4.55. The van der Waals surface area contributed by atoms with Crippen LogP contribution in [0.1, 0.15) is 25.1 Å². The van der Waals surface area contributed by atoms with Gasteiger partial charge in [-0.25, -0.2) is 0 Å². The summed E-state index contributed by atoms with van der Waals surface area (Å²) in [6.45, 7) is 3.36. The minimum absolute atomic E-state index is 0.300. The molecule has 1 amide bonds. The number of ether oxygens (including phenoxy) is 1. The molecule has 1 saturated heterocycles. The van der Waals surface area contributed by atoms with E-state index in [1.807, 2.05) is 17.9 Å². The minimum Gasteiger partial charge on any atom is -0.387 e. The van der Waals surface area contributed by atoms with Gasteiger partial charge < -0.3 is 20.5 Å². The smallest absolute Gasteiger partial charge is 0.242 e. The van der Waals surface area contributed by atoms with Crippen molar-refractivity contribution in [3.63, 3.8) is 0 Å². The number of hydrogen-bond acceptors (Lipinski definition) is 5. The van der Waals surface area contributed by atoms with Crippen LogP contribution >= 0.6 is 0 Å². The molecular weight excluding hydrogens is 246 g/mol. The van der Waals surface area contributed by atoms with Crippen molar-refractivity contribution in [3.05, 3.63) is 24.0 Å². The highest BCUT2D eigenvalue weighted by Crippen LogP contribution is 2.21. The van der Waals surface area contributed by atoms with Crippen LogP contribution in [-0.4, -0.2) is 41.8 Å². The molecule has 2 heterocycles. The Hall–Kier alpha value is -1.66. The molecule has 0 bridgehead atoms. The van der Waals surface area contributed by atoms with Gasteiger partial charge in [-0.15, -0.1) is 0 Å². The number of carbonyl (C=O) groups excluding carboxylic acids is 1. The maximum absolute atomic E-state index is 11.4. The van der Waals surface area contributed by atoms with E-state index in [2.05, 4.69) is 4.98 Å². The molecule has 2 unspecified atom stereocenters. The van der Waals surface area contributed by atoms with Crippen LogP contribution in [0.4, 0.5) is 5.69 Å². The van der Waals surface area contributed by atoms with Crippen molar-refractivity contribution >= 4 is 11.6 Å². The van der Waals surface area contributed by atoms with E-state index in [4.69, 9.17) is 10.5 Å². The zero-order valence-electron chi connectivity index (χ0n) is 11.0. The second-order valence-electron chi connectivity index (χ2n) is 4.55. The van der Waals surface area contributed by atoms with Gasteiger partial charge in [0.15, 0.2) is 0 Å². The van der Waals surface area contributed by atoms with Crippen molar-refractivity contribution in [1.82, 2.24) is 4.98 Å². The van der Waals surface area contributed by atoms with Gasteiger partial charge in [0, 0.05) is 6.54 Å². The molecule has 2 atom stereocenters. The molecule has 2 rings (SSSR count). The van der Waals surface area contributed by atoms with Crippen molar-refractivity contribution in [1.29, 1.82) is 0 Å². The Kier molecular flexibility index (Phi) is 4.34. The monoisotopic (exact) mass is 265 g/mol. The predicted molar refractivity (Wildman–Crippen MR) is 70.6 cm³/mol. The van der Waals surface area contributed by atoms with Crippen LogP contribution < -0.4 is 10.6 Å². The molecule has 0 aromatic carbocycles. The zero-order chi connectivity index (χ0) is 13.8. The van der Waals surface area contributed by atoms with Crippen LogP contribution in [0.15, 0.2) is 18.3 Å². The van der Waals surface area contributed by atoms with Crippen LogP contribution in [0.5, 0.6) is 0 Å². The van der Waals surface area contributed by atoms with Gasteiger partial charge in [-0.3, -0.25) is 9.78 Å². The van der Waals surface area contributed by atoms with Crippen LogP contribution in [-0.2, 0) is 9.53 Å². The van der Waals surface area contributed by atoms with Gasteiger partial charge in [-0.1, -0.05) is 6.92 Å². The highest BCUT2D eigenvalue weighted by molar-refractivity contribution is 5.84. The standard InChI is InChI=1S/C13H19N3O3/c1-2-12(17)10-4-3-9(7-15-10)16-5-6-19-8-11(16)13(14)18/h3-4,7,11-12,17H,2,5-6,8H2,1H3,(H2,14,18). The van der Waals surface area contributed by atoms with Gasteiger partial charge in [0.1, 0.15) is 6.04 Å². The normalized spacial score (nSPS) is 21.2. The Balaban J connectivity index is 2.18. The number of nitrogens with two attached hydrogens (primary N) is 1. The van der Waals surface area contributed by atoms with Crippen LogP contribution in [0.3, 0.4) is 0 Å². The Morgan fingerprint density at radius 2 is 2.47 bits per heavy atom. The van der Waals surface area contributed by atoms with Crippen molar-refractivity contribution in [2.75, 3.05) is 24.7 Å². The average molecular weight is 265 g/mol. The first kappa shape index (κ1) is 13.8. The van der Waals surface area contributed by atoms with Crippen molar-refractivity contribution in [2.45, 2.75) is 25.5 Å². The van der Waals surface area contributed by atoms with Crippen LogP contribution in [0.2, 0.25) is 0 Å². The number of morpholine rings is 1. The summed E-state index contributed by atoms with van der Waals surface area (Å²) in [6, 6.07) is 3.16. The van der Waals surface area contributed by atoms with E-state index in [0.717, 1.165) is 5.69 Å². The number of aliphatic hydroxyl groups is 1. The van der Waals surface area contributed by atoms with E-state index in [1.54, 1.807) is 12.3 Å². The number of carbonyl (C=O) groups is 1. The molecule has 1 aromatic heterocycles. The minimum atomic E-state index is -0.550. The van der Waals surface area contributed by atoms with Gasteiger partial charge in [-0.2, -0.15) is 0 Å². The molecular formula is C13H19N3O3. The van der Waals surface area contributed by atoms with E-state index in [9.17, 15) is 9.90 Å². The predicted octanol–water partition coefficient (Wildman–Crippen LogP) is 0.215. The highest BCUT2D eigenvalue weighted by atomic mass is 16.5. The molecule has 6 heteroatoms. The lowest BCUT2D eigenvalue weighted by molar-refractivity contribution is -0.121. The number of anilines is 1. The summed E-state index contributed by atoms with van der Waals surface area (Å²) in [5.41, 5.74) is 6.83. The maximum atomic E-state index is 11.4. The molecule has 0 aliphatic carbocycles. The number of amides is 1. The summed E-state index contributed by atoms with van der Waals surface area (Å²) in [5.74, 6) is -0.405. The first-order valence-corrected chi connectivity index (χ1v) is 6.41. The lowest BCUT2D eigenvalue weighted by Crippen LogP contribution is -2.52. The van der Waals surface area contributed by atoms with E-state index in [-0.39, 0.29) is 0 Å². The average Bonchev–Trinajstić information content (AvgIpc) is 2.46. The fourth-order valence-corrected chi connectivity index (χ4v) is 2.12. The van der Waals surface area contributed by atoms with E-state index < -0.39 is 18.1 Å². The third kappa shape index (κ3) is 3.02. The molecule has 0 spiro atoms. The fourth-order valence-electron chi connectivity index (χ4n) is 2.12. The van der Waals surface area contributed by atoms with E-state index >= 15 is 0 Å². The summed E-state index contributed by atoms with van der Waals surface area (Å²) in [5, 5.41) is 9.70. The van der Waals surface area contributed by atoms with Gasteiger partial charge in [0.05, 0.1) is 36.9 Å². The summed E-state index contributed by atoms with van der Waals surface area (Å²) in [7, 11) is 0. The lowest BCUT2D eigenvalue weighted by Gasteiger charge is -2.35. The van der Waals surface area contributed by atoms with Crippen LogP contribution in [0, 0.1) is 0 Å². The summed E-state index contributed by atoms with van der Waals surface area (Å²) >= 11 is 0. The summed E-state index contributed by atoms with van der Waals surface area (Å²) in [4.78, 5) is 17.5. The Morgan fingerprint density at radius 1 is 1.68 bits per heavy atom. The molecule has 1 fully saturated rings. The van der Waals surface area contributed by atoms with Crippen molar-refractivity contribution in [2.24, 2.45) is 5.73 Å². The fraction of sp³-hybridized carbons (Fsp3) is 0.538. The maximum Gasteiger partial charge on any atom is 0.242 e. The number of hydrogen-bond donors (Lipinski definition) is 2. The van der Waals surface area contributed by atoms with Crippen LogP contribution in [0.25, 0.3) is 0 Å². The molecule has 1 aromatic rings. The highest BCUT2D eigenvalue weighted by Gasteiger charge is 2.28. The summed E-state index contributed by atoms with van der Waals surface area (Å²) in [6.07, 6.45) is 1.73. The van der Waals surface area contributed by atoms with Crippen molar-refractivity contribution in [3.8, 4) is 0 Å². The molecule has 1 aliphatic heterocycles. The Labute approximate surface area is 112 Å². The third-order valence-electron chi connectivity index (χ3n) is 3.29.